The van der Waals surface area contributed by atoms with Crippen LogP contribution in [0.15, 0.2) is 84.9 Å². The summed E-state index contributed by atoms with van der Waals surface area (Å²) in [5.41, 5.74) is 7.78. The minimum Gasteiger partial charge on any atom is -0.457 e. The van der Waals surface area contributed by atoms with Gasteiger partial charge in [-0.3, -0.25) is 9.59 Å². The lowest BCUT2D eigenvalue weighted by Crippen LogP contribution is -2.12. The maximum absolute atomic E-state index is 12.8. The number of ketones is 1. The standard InChI is InChI=1S/C31H30N2O3/c1-20-17-23(5-15-29(20)32-4)19-24-6-16-30(21(2)18-24)33-31(35)26-9-13-28(14-10-26)36-27-11-7-25(8-12-27)22(3)34/h5-18,32H,19H2,1-4H3,(H,33,35). The van der Waals surface area contributed by atoms with E-state index in [1.807, 2.05) is 20.0 Å². The fraction of sp³-hybridized carbons (Fsp3) is 0.161. The van der Waals surface area contributed by atoms with Gasteiger partial charge in [0.25, 0.3) is 5.91 Å². The monoisotopic (exact) mass is 478 g/mol. The van der Waals surface area contributed by atoms with Crippen molar-refractivity contribution in [3.05, 3.63) is 118 Å². The van der Waals surface area contributed by atoms with Crippen LogP contribution < -0.4 is 15.4 Å². The van der Waals surface area contributed by atoms with Crippen LogP contribution in [-0.2, 0) is 6.42 Å². The molecule has 0 saturated heterocycles. The molecular weight excluding hydrogens is 448 g/mol. The van der Waals surface area contributed by atoms with Gasteiger partial charge in [-0.05, 0) is 110 Å². The molecule has 5 nitrogen and oxygen atoms in total. The Bertz CT molecular complexity index is 1390. The van der Waals surface area contributed by atoms with Crippen LogP contribution in [0.5, 0.6) is 11.5 Å². The van der Waals surface area contributed by atoms with Gasteiger partial charge in [0.15, 0.2) is 5.78 Å². The lowest BCUT2D eigenvalue weighted by Gasteiger charge is -2.12. The molecule has 0 fully saturated rings. The van der Waals surface area contributed by atoms with Crippen molar-refractivity contribution in [2.45, 2.75) is 27.2 Å². The molecule has 4 aromatic rings. The highest BCUT2D eigenvalue weighted by molar-refractivity contribution is 6.04. The Hall–Kier alpha value is -4.38. The van der Waals surface area contributed by atoms with Gasteiger partial charge in [0.1, 0.15) is 11.5 Å². The number of Topliss-reactive ketones (excluding diaryl/α,β-unsaturated/α-hetero) is 1. The fourth-order valence-electron chi connectivity index (χ4n) is 4.09. The van der Waals surface area contributed by atoms with Crippen LogP contribution in [0.3, 0.4) is 0 Å². The van der Waals surface area contributed by atoms with Crippen LogP contribution in [0.2, 0.25) is 0 Å². The maximum Gasteiger partial charge on any atom is 0.255 e. The first-order valence-corrected chi connectivity index (χ1v) is 11.9. The van der Waals surface area contributed by atoms with E-state index in [9.17, 15) is 9.59 Å². The van der Waals surface area contributed by atoms with E-state index in [2.05, 4.69) is 47.9 Å². The van der Waals surface area contributed by atoms with Gasteiger partial charge in [0.05, 0.1) is 0 Å². The van der Waals surface area contributed by atoms with Crippen LogP contribution in [0.4, 0.5) is 11.4 Å². The van der Waals surface area contributed by atoms with E-state index in [0.717, 1.165) is 23.4 Å². The highest BCUT2D eigenvalue weighted by Crippen LogP contribution is 2.24. The molecule has 0 radical (unpaired) electrons. The van der Waals surface area contributed by atoms with Gasteiger partial charge < -0.3 is 15.4 Å². The minimum absolute atomic E-state index is 0.0105. The molecule has 0 aromatic heterocycles. The molecule has 182 valence electrons. The Labute approximate surface area is 212 Å². The molecule has 0 aliphatic heterocycles. The predicted molar refractivity (Wildman–Crippen MR) is 146 cm³/mol. The summed E-state index contributed by atoms with van der Waals surface area (Å²) in [6.07, 6.45) is 0.832. The number of carbonyl (C=O) groups is 2. The topological polar surface area (TPSA) is 67.4 Å². The van der Waals surface area contributed by atoms with Gasteiger partial charge in [-0.1, -0.05) is 24.3 Å². The first-order valence-electron chi connectivity index (χ1n) is 11.9. The molecule has 0 bridgehead atoms. The molecule has 0 spiro atoms. The average Bonchev–Trinajstić information content (AvgIpc) is 2.86. The molecule has 0 heterocycles. The molecule has 1 amide bonds. The molecule has 0 aliphatic carbocycles. The molecule has 0 aliphatic rings. The number of carbonyl (C=O) groups excluding carboxylic acids is 2. The van der Waals surface area contributed by atoms with Crippen LogP contribution in [0, 0.1) is 13.8 Å². The van der Waals surface area contributed by atoms with Gasteiger partial charge in [0, 0.05) is 29.5 Å². The Kier molecular flexibility index (Phi) is 7.50. The number of aryl methyl sites for hydroxylation is 2. The van der Waals surface area contributed by atoms with E-state index in [0.29, 0.717) is 22.6 Å². The summed E-state index contributed by atoms with van der Waals surface area (Å²) < 4.78 is 5.82. The van der Waals surface area contributed by atoms with Gasteiger partial charge in [-0.15, -0.1) is 0 Å². The first kappa shape index (κ1) is 24.7. The second kappa shape index (κ2) is 10.9. The van der Waals surface area contributed by atoms with Crippen molar-refractivity contribution in [2.75, 3.05) is 17.7 Å². The van der Waals surface area contributed by atoms with Crippen molar-refractivity contribution in [1.82, 2.24) is 0 Å². The molecule has 5 heteroatoms. The first-order chi connectivity index (χ1) is 17.3. The highest BCUT2D eigenvalue weighted by atomic mass is 16.5. The van der Waals surface area contributed by atoms with Gasteiger partial charge in [0.2, 0.25) is 0 Å². The van der Waals surface area contributed by atoms with Crippen molar-refractivity contribution in [3.8, 4) is 11.5 Å². The van der Waals surface area contributed by atoms with E-state index >= 15 is 0 Å². The van der Waals surface area contributed by atoms with Crippen molar-refractivity contribution >= 4 is 23.1 Å². The van der Waals surface area contributed by atoms with Crippen LogP contribution >= 0.6 is 0 Å². The molecule has 0 saturated carbocycles. The lowest BCUT2D eigenvalue weighted by molar-refractivity contribution is 0.101. The third kappa shape index (κ3) is 5.99. The number of hydrogen-bond acceptors (Lipinski definition) is 4. The van der Waals surface area contributed by atoms with E-state index < -0.39 is 0 Å². The summed E-state index contributed by atoms with van der Waals surface area (Å²) in [6.45, 7) is 5.63. The fourth-order valence-corrected chi connectivity index (χ4v) is 4.09. The summed E-state index contributed by atoms with van der Waals surface area (Å²) in [5.74, 6) is 1.07. The average molecular weight is 479 g/mol. The number of amides is 1. The summed E-state index contributed by atoms with van der Waals surface area (Å²) in [6, 6.07) is 26.5. The summed E-state index contributed by atoms with van der Waals surface area (Å²) in [7, 11) is 1.93. The second-order valence-electron chi connectivity index (χ2n) is 8.89. The van der Waals surface area contributed by atoms with E-state index in [1.165, 1.54) is 23.6 Å². The molecule has 2 N–H and O–H groups in total. The Morgan fingerprint density at radius 3 is 1.67 bits per heavy atom. The van der Waals surface area contributed by atoms with Crippen molar-refractivity contribution < 1.29 is 14.3 Å². The maximum atomic E-state index is 12.8. The molecule has 0 atom stereocenters. The quantitative estimate of drug-likeness (QED) is 0.263. The van der Waals surface area contributed by atoms with Gasteiger partial charge in [-0.25, -0.2) is 0 Å². The largest absolute Gasteiger partial charge is 0.457 e. The Morgan fingerprint density at radius 2 is 1.19 bits per heavy atom. The number of anilines is 2. The SMILES string of the molecule is CNc1ccc(Cc2ccc(NC(=O)c3ccc(Oc4ccc(C(C)=O)cc4)cc3)c(C)c2)cc1C. The molecule has 36 heavy (non-hydrogen) atoms. The zero-order valence-electron chi connectivity index (χ0n) is 21.0. The zero-order chi connectivity index (χ0) is 25.7. The number of rotatable bonds is 8. The molecular formula is C31H30N2O3. The second-order valence-corrected chi connectivity index (χ2v) is 8.89. The summed E-state index contributed by atoms with van der Waals surface area (Å²) in [4.78, 5) is 24.2. The highest BCUT2D eigenvalue weighted by Gasteiger charge is 2.10. The summed E-state index contributed by atoms with van der Waals surface area (Å²) >= 11 is 0. The van der Waals surface area contributed by atoms with E-state index in [1.54, 1.807) is 48.5 Å². The van der Waals surface area contributed by atoms with Crippen LogP contribution in [-0.4, -0.2) is 18.7 Å². The Balaban J connectivity index is 1.38. The van der Waals surface area contributed by atoms with E-state index in [-0.39, 0.29) is 11.7 Å². The smallest absolute Gasteiger partial charge is 0.255 e. The Morgan fingerprint density at radius 1 is 0.694 bits per heavy atom. The number of benzene rings is 4. The van der Waals surface area contributed by atoms with Crippen molar-refractivity contribution in [2.24, 2.45) is 0 Å². The summed E-state index contributed by atoms with van der Waals surface area (Å²) in [5, 5.41) is 6.20. The van der Waals surface area contributed by atoms with Gasteiger partial charge >= 0.3 is 0 Å². The van der Waals surface area contributed by atoms with E-state index in [4.69, 9.17) is 4.74 Å². The predicted octanol–water partition coefficient (Wildman–Crippen LogP) is 7.18. The number of ether oxygens (including phenoxy) is 1. The van der Waals surface area contributed by atoms with Crippen LogP contribution in [0.1, 0.15) is 49.9 Å². The molecule has 0 unspecified atom stereocenters. The normalized spacial score (nSPS) is 10.6. The number of nitrogens with one attached hydrogen (secondary N) is 2. The lowest BCUT2D eigenvalue weighted by atomic mass is 10.00. The van der Waals surface area contributed by atoms with Crippen molar-refractivity contribution in [3.63, 3.8) is 0 Å². The third-order valence-electron chi connectivity index (χ3n) is 6.12. The molecule has 4 rings (SSSR count). The van der Waals surface area contributed by atoms with Crippen molar-refractivity contribution in [1.29, 1.82) is 0 Å². The minimum atomic E-state index is -0.179. The van der Waals surface area contributed by atoms with Crippen LogP contribution in [0.25, 0.3) is 0 Å². The number of hydrogen-bond donors (Lipinski definition) is 2. The van der Waals surface area contributed by atoms with Gasteiger partial charge in [-0.2, -0.15) is 0 Å². The third-order valence-corrected chi connectivity index (χ3v) is 6.12. The molecule has 4 aromatic carbocycles. The zero-order valence-corrected chi connectivity index (χ0v) is 21.0.